The average Bonchev–Trinajstić information content (AvgIpc) is 3.18. The molecule has 1 saturated carbocycles. The monoisotopic (exact) mass is 327 g/mol. The van der Waals surface area contributed by atoms with Crippen molar-refractivity contribution in [3.63, 3.8) is 0 Å². The van der Waals surface area contributed by atoms with Gasteiger partial charge < -0.3 is 15.5 Å². The van der Waals surface area contributed by atoms with Crippen LogP contribution in [-0.4, -0.2) is 17.7 Å². The molecule has 0 spiro atoms. The number of rotatable bonds is 6. The molecule has 0 aromatic rings. The summed E-state index contributed by atoms with van der Waals surface area (Å²) in [6.07, 6.45) is 10.0. The summed E-state index contributed by atoms with van der Waals surface area (Å²) in [6, 6.07) is 0. The fourth-order valence-electron chi connectivity index (χ4n) is 2.04. The fourth-order valence-corrected chi connectivity index (χ4v) is 2.54. The second kappa shape index (κ2) is 6.48. The molecule has 1 unspecified atom stereocenters. The molecule has 0 aliphatic heterocycles. The van der Waals surface area contributed by atoms with Crippen LogP contribution < -0.4 is 11.6 Å². The molecule has 0 heterocycles. The molecule has 0 bridgehead atoms. The Kier molecular flexibility index (Phi) is 4.93. The Labute approximate surface area is 123 Å². The number of hydrogen-bond acceptors (Lipinski definition) is 4. The van der Waals surface area contributed by atoms with Crippen molar-refractivity contribution < 1.29 is 4.74 Å². The first-order valence-corrected chi connectivity index (χ1v) is 7.61. The Morgan fingerprint density at radius 1 is 1.53 bits per heavy atom. The van der Waals surface area contributed by atoms with Gasteiger partial charge in [-0.1, -0.05) is 19.1 Å². The minimum absolute atomic E-state index is 0.0409. The molecule has 0 aromatic carbocycles. The van der Waals surface area contributed by atoms with Crippen molar-refractivity contribution in [1.82, 2.24) is 5.01 Å². The van der Waals surface area contributed by atoms with Gasteiger partial charge in [0.25, 0.3) is 0 Å². The van der Waals surface area contributed by atoms with Crippen molar-refractivity contribution >= 4 is 15.9 Å². The van der Waals surface area contributed by atoms with Crippen LogP contribution in [-0.2, 0) is 4.74 Å². The maximum absolute atomic E-state index is 6.15. The molecule has 1 atom stereocenters. The summed E-state index contributed by atoms with van der Waals surface area (Å²) >= 11 is 3.54. The van der Waals surface area contributed by atoms with Crippen LogP contribution in [0.5, 0.6) is 0 Å². The molecular weight excluding hydrogens is 306 g/mol. The number of halogens is 1. The minimum Gasteiger partial charge on any atom is -0.493 e. The van der Waals surface area contributed by atoms with Crippen LogP contribution in [0.15, 0.2) is 34.3 Å². The van der Waals surface area contributed by atoms with E-state index in [1.165, 1.54) is 12.8 Å². The van der Waals surface area contributed by atoms with E-state index in [9.17, 15) is 0 Å². The highest BCUT2D eigenvalue weighted by Gasteiger charge is 2.28. The largest absolute Gasteiger partial charge is 0.493 e. The molecule has 106 valence electrons. The number of nitrogens with two attached hydrogens (primary N) is 2. The van der Waals surface area contributed by atoms with Gasteiger partial charge in [-0.3, -0.25) is 0 Å². The Balaban J connectivity index is 1.98. The molecule has 19 heavy (non-hydrogen) atoms. The van der Waals surface area contributed by atoms with Gasteiger partial charge in [-0.15, -0.1) is 0 Å². The molecule has 2 aliphatic rings. The molecular formula is C14H22BrN3O. The Morgan fingerprint density at radius 3 is 2.89 bits per heavy atom. The predicted molar refractivity (Wildman–Crippen MR) is 80.8 cm³/mol. The zero-order valence-corrected chi connectivity index (χ0v) is 12.9. The van der Waals surface area contributed by atoms with Crippen LogP contribution in [0.3, 0.4) is 0 Å². The van der Waals surface area contributed by atoms with E-state index in [0.717, 1.165) is 35.5 Å². The van der Waals surface area contributed by atoms with Crippen LogP contribution in [0, 0.1) is 5.92 Å². The summed E-state index contributed by atoms with van der Waals surface area (Å²) in [6.45, 7) is 2.95. The second-order valence-electron chi connectivity index (χ2n) is 5.09. The fraction of sp³-hybridized carbons (Fsp3) is 0.571. The lowest BCUT2D eigenvalue weighted by Crippen LogP contribution is -2.37. The lowest BCUT2D eigenvalue weighted by Gasteiger charge is -2.28. The molecule has 0 radical (unpaired) electrons. The van der Waals surface area contributed by atoms with E-state index in [1.54, 1.807) is 11.3 Å². The molecule has 5 heteroatoms. The molecule has 4 N–H and O–H groups in total. The Bertz CT molecular complexity index is 413. The SMILES string of the molecule is CC/C=C/OC1CC=C(N(N)CC2CC2)C(N)=C1Br. The molecule has 0 aromatic heterocycles. The molecule has 4 nitrogen and oxygen atoms in total. The Hall–Kier alpha value is -0.940. The van der Waals surface area contributed by atoms with Crippen molar-refractivity contribution in [1.29, 1.82) is 0 Å². The zero-order valence-electron chi connectivity index (χ0n) is 11.3. The van der Waals surface area contributed by atoms with E-state index >= 15 is 0 Å². The summed E-state index contributed by atoms with van der Waals surface area (Å²) in [5.74, 6) is 6.82. The number of allylic oxidation sites excluding steroid dienone is 1. The molecule has 0 saturated heterocycles. The van der Waals surface area contributed by atoms with Crippen LogP contribution in [0.25, 0.3) is 0 Å². The van der Waals surface area contributed by atoms with Crippen molar-refractivity contribution in [2.75, 3.05) is 6.54 Å². The van der Waals surface area contributed by atoms with E-state index in [4.69, 9.17) is 16.3 Å². The van der Waals surface area contributed by atoms with E-state index in [2.05, 4.69) is 28.9 Å². The van der Waals surface area contributed by atoms with Gasteiger partial charge in [0.1, 0.15) is 6.10 Å². The van der Waals surface area contributed by atoms with Gasteiger partial charge in [0, 0.05) is 13.0 Å². The lowest BCUT2D eigenvalue weighted by atomic mass is 10.1. The number of ether oxygens (including phenoxy) is 1. The topological polar surface area (TPSA) is 64.5 Å². The number of nitrogens with zero attached hydrogens (tertiary/aromatic N) is 1. The quantitative estimate of drug-likeness (QED) is 0.447. The Morgan fingerprint density at radius 2 is 2.26 bits per heavy atom. The molecule has 2 aliphatic carbocycles. The lowest BCUT2D eigenvalue weighted by molar-refractivity contribution is 0.181. The van der Waals surface area contributed by atoms with Gasteiger partial charge >= 0.3 is 0 Å². The van der Waals surface area contributed by atoms with Gasteiger partial charge in [-0.2, -0.15) is 0 Å². The van der Waals surface area contributed by atoms with Crippen molar-refractivity contribution in [2.45, 2.75) is 38.7 Å². The summed E-state index contributed by atoms with van der Waals surface area (Å²) in [5.41, 5.74) is 7.75. The summed E-state index contributed by atoms with van der Waals surface area (Å²) in [7, 11) is 0. The van der Waals surface area contributed by atoms with Crippen LogP contribution >= 0.6 is 15.9 Å². The van der Waals surface area contributed by atoms with Gasteiger partial charge in [0.2, 0.25) is 0 Å². The molecule has 2 rings (SSSR count). The van der Waals surface area contributed by atoms with Crippen LogP contribution in [0.4, 0.5) is 0 Å². The first-order valence-electron chi connectivity index (χ1n) is 6.81. The third-order valence-electron chi connectivity index (χ3n) is 3.38. The predicted octanol–water partition coefficient (Wildman–Crippen LogP) is 2.73. The van der Waals surface area contributed by atoms with E-state index in [-0.39, 0.29) is 6.10 Å². The van der Waals surface area contributed by atoms with Crippen molar-refractivity contribution in [2.24, 2.45) is 17.5 Å². The molecule has 1 fully saturated rings. The summed E-state index contributed by atoms with van der Waals surface area (Å²) in [5, 5.41) is 1.77. The number of hydrazine groups is 1. The first kappa shape index (κ1) is 14.5. The summed E-state index contributed by atoms with van der Waals surface area (Å²) < 4.78 is 6.54. The number of hydrogen-bond donors (Lipinski definition) is 2. The van der Waals surface area contributed by atoms with E-state index < -0.39 is 0 Å². The third kappa shape index (κ3) is 3.76. The van der Waals surface area contributed by atoms with E-state index in [0.29, 0.717) is 5.70 Å². The highest BCUT2D eigenvalue weighted by Crippen LogP contribution is 2.33. The highest BCUT2D eigenvalue weighted by atomic mass is 79.9. The average molecular weight is 328 g/mol. The van der Waals surface area contributed by atoms with Crippen LogP contribution in [0.1, 0.15) is 32.6 Å². The first-order chi connectivity index (χ1) is 9.13. The highest BCUT2D eigenvalue weighted by molar-refractivity contribution is 9.11. The van der Waals surface area contributed by atoms with Gasteiger partial charge in [-0.25, -0.2) is 5.84 Å². The molecule has 0 amide bonds. The van der Waals surface area contributed by atoms with Gasteiger partial charge in [-0.05, 0) is 41.1 Å². The van der Waals surface area contributed by atoms with Crippen molar-refractivity contribution in [3.05, 3.63) is 34.3 Å². The van der Waals surface area contributed by atoms with Crippen LogP contribution in [0.2, 0.25) is 0 Å². The maximum Gasteiger partial charge on any atom is 0.135 e. The second-order valence-corrected chi connectivity index (χ2v) is 5.94. The summed E-state index contributed by atoms with van der Waals surface area (Å²) in [4.78, 5) is 0. The van der Waals surface area contributed by atoms with Gasteiger partial charge in [0.15, 0.2) is 0 Å². The minimum atomic E-state index is -0.0409. The van der Waals surface area contributed by atoms with E-state index in [1.807, 2.05) is 6.08 Å². The van der Waals surface area contributed by atoms with Gasteiger partial charge in [0.05, 0.1) is 22.1 Å². The smallest absolute Gasteiger partial charge is 0.135 e. The standard InChI is InChI=1S/C14H22BrN3O/c1-2-3-8-19-12-7-6-11(14(16)13(12)15)18(17)9-10-4-5-10/h3,6,8,10,12H,2,4-5,7,9,16-17H2,1H3/b8-3+. The third-order valence-corrected chi connectivity index (χ3v) is 4.32. The van der Waals surface area contributed by atoms with Crippen molar-refractivity contribution in [3.8, 4) is 0 Å². The zero-order chi connectivity index (χ0) is 13.8. The normalized spacial score (nSPS) is 23.7. The maximum atomic E-state index is 6.15.